The molecule has 84 valence electrons. The van der Waals surface area contributed by atoms with E-state index in [9.17, 15) is 9.59 Å². The van der Waals surface area contributed by atoms with Crippen molar-refractivity contribution in [3.05, 3.63) is 23.2 Å². The quantitative estimate of drug-likeness (QED) is 0.733. The third-order valence-electron chi connectivity index (χ3n) is 2.26. The number of amides is 1. The molecular formula is C10H9ClN2O3. The van der Waals surface area contributed by atoms with Gasteiger partial charge in [0.15, 0.2) is 0 Å². The van der Waals surface area contributed by atoms with E-state index in [2.05, 4.69) is 10.6 Å². The van der Waals surface area contributed by atoms with Crippen molar-refractivity contribution in [1.82, 2.24) is 0 Å². The van der Waals surface area contributed by atoms with Crippen molar-refractivity contribution in [1.29, 1.82) is 0 Å². The fourth-order valence-corrected chi connectivity index (χ4v) is 1.71. The van der Waals surface area contributed by atoms with Gasteiger partial charge in [-0.1, -0.05) is 11.6 Å². The second-order valence-electron chi connectivity index (χ2n) is 3.47. The van der Waals surface area contributed by atoms with Crippen LogP contribution in [0.2, 0.25) is 5.02 Å². The highest BCUT2D eigenvalue weighted by Crippen LogP contribution is 2.30. The van der Waals surface area contributed by atoms with Gasteiger partial charge in [0.2, 0.25) is 5.91 Å². The van der Waals surface area contributed by atoms with Crippen LogP contribution in [-0.4, -0.2) is 23.0 Å². The fourth-order valence-electron chi connectivity index (χ4n) is 1.54. The van der Waals surface area contributed by atoms with Gasteiger partial charge in [0.1, 0.15) is 6.04 Å². The highest BCUT2D eigenvalue weighted by Gasteiger charge is 2.27. The molecule has 1 aromatic carbocycles. The number of benzene rings is 1. The van der Waals surface area contributed by atoms with Crippen molar-refractivity contribution in [3.8, 4) is 0 Å². The van der Waals surface area contributed by atoms with Gasteiger partial charge in [-0.3, -0.25) is 9.59 Å². The Morgan fingerprint density at radius 2 is 2.19 bits per heavy atom. The maximum absolute atomic E-state index is 11.5. The maximum Gasteiger partial charge on any atom is 0.305 e. The Morgan fingerprint density at radius 3 is 2.88 bits per heavy atom. The molecule has 0 saturated carbocycles. The van der Waals surface area contributed by atoms with Crippen LogP contribution in [-0.2, 0) is 9.59 Å². The van der Waals surface area contributed by atoms with E-state index in [1.807, 2.05) is 0 Å². The number of aliphatic carboxylic acids is 1. The van der Waals surface area contributed by atoms with E-state index in [1.54, 1.807) is 18.2 Å². The topological polar surface area (TPSA) is 78.4 Å². The first-order chi connectivity index (χ1) is 7.56. The second kappa shape index (κ2) is 4.02. The highest BCUT2D eigenvalue weighted by atomic mass is 35.5. The molecule has 1 aliphatic heterocycles. The van der Waals surface area contributed by atoms with Gasteiger partial charge in [-0.15, -0.1) is 0 Å². The van der Waals surface area contributed by atoms with Crippen molar-refractivity contribution in [2.24, 2.45) is 0 Å². The number of fused-ring (bicyclic) bond motifs is 1. The van der Waals surface area contributed by atoms with E-state index in [4.69, 9.17) is 16.7 Å². The Hall–Kier alpha value is -1.75. The van der Waals surface area contributed by atoms with Crippen LogP contribution >= 0.6 is 11.6 Å². The average Bonchev–Trinajstić information content (AvgIpc) is 2.19. The molecule has 0 radical (unpaired) electrons. The summed E-state index contributed by atoms with van der Waals surface area (Å²) in [5.74, 6) is -1.39. The number of anilines is 2. The fraction of sp³-hybridized carbons (Fsp3) is 0.200. The Morgan fingerprint density at radius 1 is 1.44 bits per heavy atom. The first kappa shape index (κ1) is 10.8. The second-order valence-corrected chi connectivity index (χ2v) is 3.91. The molecule has 3 N–H and O–H groups in total. The third-order valence-corrected chi connectivity index (χ3v) is 2.50. The molecule has 2 rings (SSSR count). The molecule has 5 nitrogen and oxygen atoms in total. The molecule has 0 saturated heterocycles. The predicted octanol–water partition coefficient (Wildman–Crippen LogP) is 1.55. The minimum atomic E-state index is -1.02. The van der Waals surface area contributed by atoms with Gasteiger partial charge >= 0.3 is 5.97 Å². The van der Waals surface area contributed by atoms with Gasteiger partial charge in [-0.25, -0.2) is 0 Å². The predicted molar refractivity (Wildman–Crippen MR) is 59.7 cm³/mol. The molecule has 0 bridgehead atoms. The SMILES string of the molecule is O=C(O)CC1Nc2ccc(Cl)cc2NC1=O. The van der Waals surface area contributed by atoms with E-state index >= 15 is 0 Å². The number of carboxylic acid groups (broad SMARTS) is 1. The first-order valence-electron chi connectivity index (χ1n) is 4.65. The largest absolute Gasteiger partial charge is 0.481 e. The Balaban J connectivity index is 2.25. The summed E-state index contributed by atoms with van der Waals surface area (Å²) in [5.41, 5.74) is 1.24. The van der Waals surface area contributed by atoms with Crippen LogP contribution in [0, 0.1) is 0 Å². The molecule has 1 atom stereocenters. The molecule has 6 heteroatoms. The average molecular weight is 241 g/mol. The number of hydrogen-bond acceptors (Lipinski definition) is 3. The van der Waals surface area contributed by atoms with Gasteiger partial charge in [-0.05, 0) is 18.2 Å². The number of halogens is 1. The van der Waals surface area contributed by atoms with Crippen LogP contribution in [0.3, 0.4) is 0 Å². The van der Waals surface area contributed by atoms with Crippen molar-refractivity contribution < 1.29 is 14.7 Å². The lowest BCUT2D eigenvalue weighted by molar-refractivity contribution is -0.138. The van der Waals surface area contributed by atoms with Crippen LogP contribution in [0.25, 0.3) is 0 Å². The Labute approximate surface area is 96.4 Å². The van der Waals surface area contributed by atoms with Crippen molar-refractivity contribution >= 4 is 34.9 Å². The van der Waals surface area contributed by atoms with Gasteiger partial charge in [0.05, 0.1) is 17.8 Å². The molecule has 0 aliphatic carbocycles. The lowest BCUT2D eigenvalue weighted by atomic mass is 10.1. The molecular weight excluding hydrogens is 232 g/mol. The van der Waals surface area contributed by atoms with Crippen LogP contribution in [0.5, 0.6) is 0 Å². The minimum absolute atomic E-state index is 0.256. The molecule has 1 amide bonds. The number of nitrogens with one attached hydrogen (secondary N) is 2. The summed E-state index contributed by atoms with van der Waals surface area (Å²) in [7, 11) is 0. The van der Waals surface area contributed by atoms with Gasteiger partial charge in [-0.2, -0.15) is 0 Å². The Bertz CT molecular complexity index is 461. The number of carbonyl (C=O) groups excluding carboxylic acids is 1. The number of carbonyl (C=O) groups is 2. The maximum atomic E-state index is 11.5. The van der Waals surface area contributed by atoms with E-state index in [0.717, 1.165) is 0 Å². The monoisotopic (exact) mass is 240 g/mol. The lowest BCUT2D eigenvalue weighted by Gasteiger charge is -2.25. The van der Waals surface area contributed by atoms with E-state index in [0.29, 0.717) is 16.4 Å². The van der Waals surface area contributed by atoms with Crippen molar-refractivity contribution in [2.75, 3.05) is 10.6 Å². The van der Waals surface area contributed by atoms with Crippen LogP contribution < -0.4 is 10.6 Å². The minimum Gasteiger partial charge on any atom is -0.481 e. The van der Waals surface area contributed by atoms with Gasteiger partial charge < -0.3 is 15.7 Å². The first-order valence-corrected chi connectivity index (χ1v) is 5.03. The van der Waals surface area contributed by atoms with Crippen LogP contribution in [0.1, 0.15) is 6.42 Å². The molecule has 0 spiro atoms. The number of rotatable bonds is 2. The van der Waals surface area contributed by atoms with E-state index < -0.39 is 12.0 Å². The van der Waals surface area contributed by atoms with E-state index in [1.165, 1.54) is 0 Å². The summed E-state index contributed by atoms with van der Waals surface area (Å²) in [6.45, 7) is 0. The molecule has 1 heterocycles. The summed E-state index contributed by atoms with van der Waals surface area (Å²) in [6, 6.07) is 4.24. The van der Waals surface area contributed by atoms with Gasteiger partial charge in [0.25, 0.3) is 0 Å². The number of hydrogen-bond donors (Lipinski definition) is 3. The summed E-state index contributed by atoms with van der Waals surface area (Å²) >= 11 is 5.77. The zero-order chi connectivity index (χ0) is 11.7. The molecule has 1 aliphatic rings. The molecule has 16 heavy (non-hydrogen) atoms. The summed E-state index contributed by atoms with van der Waals surface area (Å²) < 4.78 is 0. The summed E-state index contributed by atoms with van der Waals surface area (Å²) in [6.07, 6.45) is -0.256. The zero-order valence-corrected chi connectivity index (χ0v) is 8.91. The summed E-state index contributed by atoms with van der Waals surface area (Å²) in [4.78, 5) is 22.1. The van der Waals surface area contributed by atoms with E-state index in [-0.39, 0.29) is 12.3 Å². The lowest BCUT2D eigenvalue weighted by Crippen LogP contribution is -2.40. The zero-order valence-electron chi connectivity index (χ0n) is 8.16. The molecule has 1 aromatic rings. The molecule has 1 unspecified atom stereocenters. The molecule has 0 aromatic heterocycles. The standard InChI is InChI=1S/C10H9ClN2O3/c11-5-1-2-6-7(3-5)13-10(16)8(12-6)4-9(14)15/h1-3,8,12H,4H2,(H,13,16)(H,14,15). The van der Waals surface area contributed by atoms with Gasteiger partial charge in [0, 0.05) is 5.02 Å². The number of carboxylic acids is 1. The van der Waals surface area contributed by atoms with Crippen LogP contribution in [0.4, 0.5) is 11.4 Å². The highest BCUT2D eigenvalue weighted by molar-refractivity contribution is 6.31. The smallest absolute Gasteiger partial charge is 0.305 e. The van der Waals surface area contributed by atoms with Crippen molar-refractivity contribution in [3.63, 3.8) is 0 Å². The Kier molecular flexibility index (Phi) is 2.70. The third kappa shape index (κ3) is 2.09. The summed E-state index contributed by atoms with van der Waals surface area (Å²) in [5, 5.41) is 14.6. The van der Waals surface area contributed by atoms with Crippen molar-refractivity contribution in [2.45, 2.75) is 12.5 Å². The van der Waals surface area contributed by atoms with Crippen LogP contribution in [0.15, 0.2) is 18.2 Å². The molecule has 0 fully saturated rings. The normalized spacial score (nSPS) is 18.3.